The second-order valence-electron chi connectivity index (χ2n) is 3.84. The van der Waals surface area contributed by atoms with Gasteiger partial charge in [0.1, 0.15) is 5.75 Å². The molecule has 106 valence electrons. The van der Waals surface area contributed by atoms with Gasteiger partial charge in [-0.25, -0.2) is 0 Å². The van der Waals surface area contributed by atoms with Crippen molar-refractivity contribution >= 4 is 21.8 Å². The van der Waals surface area contributed by atoms with Crippen molar-refractivity contribution < 1.29 is 14.3 Å². The van der Waals surface area contributed by atoms with Crippen molar-refractivity contribution in [3.05, 3.63) is 29.8 Å². The summed E-state index contributed by atoms with van der Waals surface area (Å²) < 4.78 is 10.7. The van der Waals surface area contributed by atoms with Crippen LogP contribution >= 0.6 is 15.9 Å². The Balaban J connectivity index is 2.46. The van der Waals surface area contributed by atoms with Crippen LogP contribution < -0.4 is 10.1 Å². The fourth-order valence-electron chi connectivity index (χ4n) is 1.54. The number of para-hydroxylation sites is 1. The topological polar surface area (TPSA) is 47.6 Å². The molecule has 1 rings (SSSR count). The van der Waals surface area contributed by atoms with Crippen molar-refractivity contribution in [3.8, 4) is 5.75 Å². The van der Waals surface area contributed by atoms with Crippen LogP contribution in [-0.2, 0) is 4.74 Å². The molecule has 0 heterocycles. The highest BCUT2D eigenvalue weighted by Crippen LogP contribution is 2.17. The minimum atomic E-state index is -0.110. The Morgan fingerprint density at radius 3 is 2.84 bits per heavy atom. The number of rotatable bonds is 9. The van der Waals surface area contributed by atoms with E-state index in [0.29, 0.717) is 37.7 Å². The summed E-state index contributed by atoms with van der Waals surface area (Å²) in [6, 6.07) is 7.25. The molecule has 0 aliphatic rings. The van der Waals surface area contributed by atoms with E-state index in [0.717, 1.165) is 11.8 Å². The predicted molar refractivity (Wildman–Crippen MR) is 79.2 cm³/mol. The number of alkyl halides is 1. The summed E-state index contributed by atoms with van der Waals surface area (Å²) in [5.41, 5.74) is 0.569. The third-order valence-corrected chi connectivity index (χ3v) is 2.75. The monoisotopic (exact) mass is 329 g/mol. The van der Waals surface area contributed by atoms with Crippen LogP contribution in [0.4, 0.5) is 0 Å². The summed E-state index contributed by atoms with van der Waals surface area (Å²) in [4.78, 5) is 12.0. The third kappa shape index (κ3) is 6.07. The van der Waals surface area contributed by atoms with Gasteiger partial charge in [0.05, 0.1) is 12.2 Å². The van der Waals surface area contributed by atoms with Gasteiger partial charge in [-0.3, -0.25) is 4.79 Å². The van der Waals surface area contributed by atoms with Gasteiger partial charge < -0.3 is 14.8 Å². The Morgan fingerprint density at radius 2 is 2.11 bits per heavy atom. The quantitative estimate of drug-likeness (QED) is 0.559. The highest BCUT2D eigenvalue weighted by atomic mass is 79.9. The lowest BCUT2D eigenvalue weighted by Gasteiger charge is -2.10. The Kier molecular flexibility index (Phi) is 8.25. The zero-order valence-electron chi connectivity index (χ0n) is 11.2. The summed E-state index contributed by atoms with van der Waals surface area (Å²) >= 11 is 3.29. The molecule has 0 aliphatic heterocycles. The lowest BCUT2D eigenvalue weighted by molar-refractivity contribution is 0.0940. The summed E-state index contributed by atoms with van der Waals surface area (Å²) in [5.74, 6) is 0.505. The first kappa shape index (κ1) is 16.0. The number of benzene rings is 1. The van der Waals surface area contributed by atoms with Gasteiger partial charge in [0, 0.05) is 25.1 Å². The van der Waals surface area contributed by atoms with Gasteiger partial charge in [-0.1, -0.05) is 28.1 Å². The maximum absolute atomic E-state index is 12.0. The Labute approximate surface area is 122 Å². The summed E-state index contributed by atoms with van der Waals surface area (Å²) in [5, 5.41) is 3.60. The second kappa shape index (κ2) is 9.81. The molecule has 1 N–H and O–H groups in total. The van der Waals surface area contributed by atoms with Gasteiger partial charge in [-0.15, -0.1) is 0 Å². The third-order valence-electron chi connectivity index (χ3n) is 2.42. The number of halogens is 1. The van der Waals surface area contributed by atoms with Gasteiger partial charge in [-0.2, -0.15) is 0 Å². The Morgan fingerprint density at radius 1 is 1.32 bits per heavy atom. The number of amides is 1. The normalized spacial score (nSPS) is 10.2. The average Bonchev–Trinajstić information content (AvgIpc) is 2.45. The van der Waals surface area contributed by atoms with Gasteiger partial charge in [0.15, 0.2) is 0 Å². The first-order chi connectivity index (χ1) is 9.29. The van der Waals surface area contributed by atoms with Crippen molar-refractivity contribution in [2.45, 2.75) is 13.3 Å². The van der Waals surface area contributed by atoms with Crippen LogP contribution in [0.5, 0.6) is 5.75 Å². The molecular weight excluding hydrogens is 310 g/mol. The molecular formula is C14H20BrNO3. The molecule has 0 spiro atoms. The molecule has 0 atom stereocenters. The second-order valence-corrected chi connectivity index (χ2v) is 4.63. The Hall–Kier alpha value is -1.07. The molecule has 4 nitrogen and oxygen atoms in total. The first-order valence-electron chi connectivity index (χ1n) is 6.43. The van der Waals surface area contributed by atoms with Crippen molar-refractivity contribution in [1.82, 2.24) is 5.32 Å². The van der Waals surface area contributed by atoms with E-state index in [1.807, 2.05) is 19.1 Å². The van der Waals surface area contributed by atoms with E-state index in [2.05, 4.69) is 21.2 Å². The molecule has 0 bridgehead atoms. The fraction of sp³-hybridized carbons (Fsp3) is 0.500. The summed E-state index contributed by atoms with van der Waals surface area (Å²) in [6.45, 7) is 4.46. The zero-order valence-corrected chi connectivity index (χ0v) is 12.7. The molecule has 1 aromatic carbocycles. The lowest BCUT2D eigenvalue weighted by Crippen LogP contribution is -2.25. The van der Waals surface area contributed by atoms with Crippen molar-refractivity contribution in [2.75, 3.05) is 31.7 Å². The number of ether oxygens (including phenoxy) is 2. The highest BCUT2D eigenvalue weighted by Gasteiger charge is 2.11. The average molecular weight is 330 g/mol. The standard InChI is InChI=1S/C14H20BrNO3/c1-2-18-10-5-9-16-14(17)12-6-3-4-7-13(12)19-11-8-15/h3-4,6-7H,2,5,8-11H2,1H3,(H,16,17). The van der Waals surface area contributed by atoms with Crippen LogP contribution in [0.25, 0.3) is 0 Å². The van der Waals surface area contributed by atoms with Crippen molar-refractivity contribution in [3.63, 3.8) is 0 Å². The summed E-state index contributed by atoms with van der Waals surface area (Å²) in [7, 11) is 0. The van der Waals surface area contributed by atoms with Gasteiger partial charge in [0.2, 0.25) is 0 Å². The molecule has 0 fully saturated rings. The molecule has 0 aliphatic carbocycles. The van der Waals surface area contributed by atoms with Crippen LogP contribution in [0.3, 0.4) is 0 Å². The molecule has 1 amide bonds. The minimum absolute atomic E-state index is 0.110. The van der Waals surface area contributed by atoms with E-state index < -0.39 is 0 Å². The SMILES string of the molecule is CCOCCCNC(=O)c1ccccc1OCCBr. The van der Waals surface area contributed by atoms with E-state index >= 15 is 0 Å². The number of hydrogen-bond donors (Lipinski definition) is 1. The van der Waals surface area contributed by atoms with E-state index in [1.165, 1.54) is 0 Å². The van der Waals surface area contributed by atoms with Crippen LogP contribution in [0.1, 0.15) is 23.7 Å². The van der Waals surface area contributed by atoms with E-state index in [-0.39, 0.29) is 5.91 Å². The number of carbonyl (C=O) groups excluding carboxylic acids is 1. The first-order valence-corrected chi connectivity index (χ1v) is 7.55. The minimum Gasteiger partial charge on any atom is -0.492 e. The van der Waals surface area contributed by atoms with Crippen molar-refractivity contribution in [1.29, 1.82) is 0 Å². The van der Waals surface area contributed by atoms with E-state index in [4.69, 9.17) is 9.47 Å². The van der Waals surface area contributed by atoms with Crippen LogP contribution in [-0.4, -0.2) is 37.6 Å². The number of hydrogen-bond acceptors (Lipinski definition) is 3. The van der Waals surface area contributed by atoms with Gasteiger partial charge in [-0.05, 0) is 25.5 Å². The Bertz CT molecular complexity index is 385. The smallest absolute Gasteiger partial charge is 0.255 e. The fourth-order valence-corrected chi connectivity index (χ4v) is 1.71. The zero-order chi connectivity index (χ0) is 13.9. The highest BCUT2D eigenvalue weighted by molar-refractivity contribution is 9.09. The van der Waals surface area contributed by atoms with Gasteiger partial charge in [0.25, 0.3) is 5.91 Å². The number of carbonyl (C=O) groups is 1. The molecule has 0 saturated carbocycles. The molecule has 19 heavy (non-hydrogen) atoms. The largest absolute Gasteiger partial charge is 0.492 e. The van der Waals surface area contributed by atoms with Crippen molar-refractivity contribution in [2.24, 2.45) is 0 Å². The van der Waals surface area contributed by atoms with E-state index in [1.54, 1.807) is 12.1 Å². The maximum Gasteiger partial charge on any atom is 0.255 e. The molecule has 5 heteroatoms. The molecule has 1 aromatic rings. The van der Waals surface area contributed by atoms with Crippen LogP contribution in [0, 0.1) is 0 Å². The van der Waals surface area contributed by atoms with Gasteiger partial charge >= 0.3 is 0 Å². The van der Waals surface area contributed by atoms with Crippen LogP contribution in [0.2, 0.25) is 0 Å². The van der Waals surface area contributed by atoms with Crippen LogP contribution in [0.15, 0.2) is 24.3 Å². The molecule has 0 saturated heterocycles. The maximum atomic E-state index is 12.0. The lowest BCUT2D eigenvalue weighted by atomic mass is 10.2. The predicted octanol–water partition coefficient (Wildman–Crippen LogP) is 2.62. The number of nitrogens with one attached hydrogen (secondary N) is 1. The summed E-state index contributed by atoms with van der Waals surface area (Å²) in [6.07, 6.45) is 0.810. The molecule has 0 radical (unpaired) electrons. The molecule has 0 unspecified atom stereocenters. The molecule has 0 aromatic heterocycles. The van der Waals surface area contributed by atoms with E-state index in [9.17, 15) is 4.79 Å².